The number of hydrogen-bond acceptors (Lipinski definition) is 4. The van der Waals surface area contributed by atoms with Crippen molar-refractivity contribution in [2.75, 3.05) is 12.4 Å². The van der Waals surface area contributed by atoms with Crippen LogP contribution in [0.15, 0.2) is 42.5 Å². The third-order valence-electron chi connectivity index (χ3n) is 4.47. The maximum absolute atomic E-state index is 13.0. The Kier molecular flexibility index (Phi) is 4.85. The van der Waals surface area contributed by atoms with Crippen molar-refractivity contribution in [1.29, 1.82) is 0 Å². The second-order valence-electron chi connectivity index (χ2n) is 6.31. The summed E-state index contributed by atoms with van der Waals surface area (Å²) in [5.41, 5.74) is 4.54. The first-order chi connectivity index (χ1) is 13.1. The summed E-state index contributed by atoms with van der Waals surface area (Å²) >= 11 is 7.87. The zero-order chi connectivity index (χ0) is 19.0. The number of amides is 1. The number of aromatic nitrogens is 2. The molecule has 3 aromatic rings. The monoisotopic (exact) mass is 399 g/mol. The molecule has 0 spiro atoms. The lowest BCUT2D eigenvalue weighted by molar-refractivity contribution is 0.102. The van der Waals surface area contributed by atoms with E-state index in [0.29, 0.717) is 22.2 Å². The maximum Gasteiger partial charge on any atom is 0.260 e. The van der Waals surface area contributed by atoms with Crippen molar-refractivity contribution >= 4 is 35.1 Å². The normalized spacial score (nSPS) is 12.7. The average molecular weight is 400 g/mol. The first-order valence-electron chi connectivity index (χ1n) is 8.47. The summed E-state index contributed by atoms with van der Waals surface area (Å²) in [6.07, 6.45) is 0. The van der Waals surface area contributed by atoms with Gasteiger partial charge in [-0.3, -0.25) is 4.79 Å². The molecule has 0 fully saturated rings. The summed E-state index contributed by atoms with van der Waals surface area (Å²) in [5, 5.41) is 8.23. The van der Waals surface area contributed by atoms with Gasteiger partial charge in [-0.15, -0.1) is 0 Å². The van der Waals surface area contributed by atoms with Crippen molar-refractivity contribution in [1.82, 2.24) is 9.78 Å². The zero-order valence-electron chi connectivity index (χ0n) is 15.0. The third kappa shape index (κ3) is 3.42. The molecule has 1 N–H and O–H groups in total. The van der Waals surface area contributed by atoms with Gasteiger partial charge in [-0.1, -0.05) is 29.3 Å². The number of fused-ring (bicyclic) bond motifs is 1. The van der Waals surface area contributed by atoms with Gasteiger partial charge in [0, 0.05) is 22.1 Å². The minimum Gasteiger partial charge on any atom is -0.496 e. The Labute approximate surface area is 166 Å². The third-order valence-corrected chi connectivity index (χ3v) is 5.67. The number of nitrogens with zero attached hydrogens (tertiary/aromatic N) is 2. The van der Waals surface area contributed by atoms with Crippen molar-refractivity contribution < 1.29 is 9.53 Å². The number of methoxy groups -OCH3 is 1. The van der Waals surface area contributed by atoms with Crippen LogP contribution in [0.5, 0.6) is 5.75 Å². The summed E-state index contributed by atoms with van der Waals surface area (Å²) in [6, 6.07) is 13.1. The Bertz CT molecular complexity index is 1010. The van der Waals surface area contributed by atoms with Gasteiger partial charge >= 0.3 is 0 Å². The van der Waals surface area contributed by atoms with E-state index in [0.717, 1.165) is 28.5 Å². The highest BCUT2D eigenvalue weighted by Crippen LogP contribution is 2.36. The van der Waals surface area contributed by atoms with Crippen LogP contribution >= 0.6 is 23.4 Å². The summed E-state index contributed by atoms with van der Waals surface area (Å²) in [7, 11) is 1.53. The lowest BCUT2D eigenvalue weighted by Crippen LogP contribution is -2.17. The van der Waals surface area contributed by atoms with E-state index in [-0.39, 0.29) is 5.91 Å². The molecule has 0 aliphatic carbocycles. The quantitative estimate of drug-likeness (QED) is 0.681. The fourth-order valence-electron chi connectivity index (χ4n) is 3.05. The number of anilines is 1. The van der Waals surface area contributed by atoms with Crippen molar-refractivity contribution in [3.63, 3.8) is 0 Å². The molecule has 1 amide bonds. The van der Waals surface area contributed by atoms with Gasteiger partial charge in [-0.05, 0) is 37.3 Å². The van der Waals surface area contributed by atoms with E-state index in [2.05, 4.69) is 5.32 Å². The number of ether oxygens (including phenoxy) is 1. The number of benzene rings is 2. The van der Waals surface area contributed by atoms with Crippen LogP contribution in [0.25, 0.3) is 5.69 Å². The van der Waals surface area contributed by atoms with Crippen LogP contribution in [-0.4, -0.2) is 22.8 Å². The number of thioether (sulfide) groups is 1. The predicted octanol–water partition coefficient (Wildman–Crippen LogP) is 4.84. The highest BCUT2D eigenvalue weighted by molar-refractivity contribution is 7.98. The lowest BCUT2D eigenvalue weighted by atomic mass is 10.1. The molecule has 1 aromatic heterocycles. The Hall–Kier alpha value is -2.44. The highest BCUT2D eigenvalue weighted by Gasteiger charge is 2.25. The molecular weight excluding hydrogens is 382 g/mol. The van der Waals surface area contributed by atoms with Gasteiger partial charge in [0.2, 0.25) is 0 Å². The Morgan fingerprint density at radius 1 is 1.22 bits per heavy atom. The topological polar surface area (TPSA) is 56.1 Å². The molecule has 0 unspecified atom stereocenters. The molecule has 138 valence electrons. The van der Waals surface area contributed by atoms with Crippen LogP contribution in [0.4, 0.5) is 5.82 Å². The summed E-state index contributed by atoms with van der Waals surface area (Å²) in [5.74, 6) is 2.57. The SMILES string of the molecule is COc1ccc(Cl)cc1C(=O)Nc1c2c(nn1-c1ccc(C)cc1)CSC2. The first-order valence-corrected chi connectivity index (χ1v) is 10.0. The summed E-state index contributed by atoms with van der Waals surface area (Å²) < 4.78 is 7.12. The van der Waals surface area contributed by atoms with Crippen LogP contribution in [0.1, 0.15) is 27.2 Å². The molecule has 0 atom stereocenters. The van der Waals surface area contributed by atoms with E-state index in [1.165, 1.54) is 12.7 Å². The standard InChI is InChI=1S/C20H18ClN3O2S/c1-12-3-6-14(7-4-12)24-19(16-10-27-11-17(16)23-24)22-20(25)15-9-13(21)5-8-18(15)26-2/h3-9H,10-11H2,1-2H3,(H,22,25). The first kappa shape index (κ1) is 17.9. The number of carbonyl (C=O) groups is 1. The van der Waals surface area contributed by atoms with E-state index < -0.39 is 0 Å². The van der Waals surface area contributed by atoms with Crippen LogP contribution in [-0.2, 0) is 11.5 Å². The van der Waals surface area contributed by atoms with E-state index in [1.807, 2.05) is 31.2 Å². The predicted molar refractivity (Wildman–Crippen MR) is 109 cm³/mol. The molecule has 1 aliphatic rings. The fraction of sp³-hybridized carbons (Fsp3) is 0.200. The molecule has 5 nitrogen and oxygen atoms in total. The number of nitrogens with one attached hydrogen (secondary N) is 1. The average Bonchev–Trinajstić information content (AvgIpc) is 3.25. The highest BCUT2D eigenvalue weighted by atomic mass is 35.5. The number of hydrogen-bond donors (Lipinski definition) is 1. The van der Waals surface area contributed by atoms with Crippen molar-refractivity contribution in [2.45, 2.75) is 18.4 Å². The van der Waals surface area contributed by atoms with Gasteiger partial charge in [0.05, 0.1) is 24.1 Å². The smallest absolute Gasteiger partial charge is 0.260 e. The number of carbonyl (C=O) groups excluding carboxylic acids is 1. The molecular formula is C20H18ClN3O2S. The Morgan fingerprint density at radius 2 is 2.00 bits per heavy atom. The largest absolute Gasteiger partial charge is 0.496 e. The Morgan fingerprint density at radius 3 is 2.74 bits per heavy atom. The van der Waals surface area contributed by atoms with Gasteiger partial charge in [0.25, 0.3) is 5.91 Å². The van der Waals surface area contributed by atoms with Crippen LogP contribution in [0, 0.1) is 6.92 Å². The molecule has 2 heterocycles. The van der Waals surface area contributed by atoms with Crippen molar-refractivity contribution in [2.24, 2.45) is 0 Å². The number of rotatable bonds is 4. The van der Waals surface area contributed by atoms with E-state index >= 15 is 0 Å². The van der Waals surface area contributed by atoms with Crippen LogP contribution in [0.3, 0.4) is 0 Å². The molecule has 4 rings (SSSR count). The van der Waals surface area contributed by atoms with Crippen molar-refractivity contribution in [3.05, 3.63) is 69.9 Å². The fourth-order valence-corrected chi connectivity index (χ4v) is 4.25. The minimum absolute atomic E-state index is 0.276. The zero-order valence-corrected chi connectivity index (χ0v) is 16.5. The maximum atomic E-state index is 13.0. The van der Waals surface area contributed by atoms with Gasteiger partial charge in [0.15, 0.2) is 0 Å². The van der Waals surface area contributed by atoms with Crippen molar-refractivity contribution in [3.8, 4) is 11.4 Å². The molecule has 0 bridgehead atoms. The van der Waals surface area contributed by atoms with Gasteiger partial charge in [0.1, 0.15) is 11.6 Å². The molecule has 2 aromatic carbocycles. The minimum atomic E-state index is -0.276. The molecule has 0 radical (unpaired) electrons. The number of halogens is 1. The second-order valence-corrected chi connectivity index (χ2v) is 7.73. The van der Waals surface area contributed by atoms with Gasteiger partial charge < -0.3 is 10.1 Å². The van der Waals surface area contributed by atoms with Crippen LogP contribution in [0.2, 0.25) is 5.02 Å². The summed E-state index contributed by atoms with van der Waals surface area (Å²) in [4.78, 5) is 13.0. The molecule has 7 heteroatoms. The Balaban J connectivity index is 1.75. The van der Waals surface area contributed by atoms with Gasteiger partial charge in [-0.25, -0.2) is 4.68 Å². The molecule has 1 aliphatic heterocycles. The van der Waals surface area contributed by atoms with Gasteiger partial charge in [-0.2, -0.15) is 16.9 Å². The van der Waals surface area contributed by atoms with Crippen LogP contribution < -0.4 is 10.1 Å². The second kappa shape index (κ2) is 7.29. The summed E-state index contributed by atoms with van der Waals surface area (Å²) in [6.45, 7) is 2.04. The molecule has 0 saturated carbocycles. The molecule has 27 heavy (non-hydrogen) atoms. The molecule has 0 saturated heterocycles. The van der Waals surface area contributed by atoms with E-state index in [1.54, 1.807) is 34.6 Å². The van der Waals surface area contributed by atoms with E-state index in [4.69, 9.17) is 21.4 Å². The lowest BCUT2D eigenvalue weighted by Gasteiger charge is -2.13. The van der Waals surface area contributed by atoms with E-state index in [9.17, 15) is 4.79 Å². The number of aryl methyl sites for hydroxylation is 1.